The largest absolute Gasteiger partial charge is 0.381 e. The lowest BCUT2D eigenvalue weighted by molar-refractivity contribution is 0.0664. The number of nitrogens with one attached hydrogen (secondary N) is 2. The van der Waals surface area contributed by atoms with Gasteiger partial charge in [0.1, 0.15) is 17.5 Å². The van der Waals surface area contributed by atoms with E-state index in [9.17, 15) is 13.6 Å². The van der Waals surface area contributed by atoms with Crippen LogP contribution in [0, 0.1) is 29.9 Å². The molecule has 0 bridgehead atoms. The van der Waals surface area contributed by atoms with E-state index < -0.39 is 11.6 Å². The van der Waals surface area contributed by atoms with Gasteiger partial charge in [0.25, 0.3) is 5.91 Å². The summed E-state index contributed by atoms with van der Waals surface area (Å²) >= 11 is 0. The first-order valence-corrected chi connectivity index (χ1v) is 16.4. The molecule has 2 aliphatic rings. The van der Waals surface area contributed by atoms with Crippen LogP contribution in [-0.2, 0) is 17.6 Å². The topological polar surface area (TPSA) is 68.7 Å². The van der Waals surface area contributed by atoms with Gasteiger partial charge in [0.05, 0.1) is 0 Å². The van der Waals surface area contributed by atoms with Gasteiger partial charge in [-0.1, -0.05) is 36.4 Å². The van der Waals surface area contributed by atoms with Crippen LogP contribution in [-0.4, -0.2) is 63.1 Å². The first-order chi connectivity index (χ1) is 22.7. The van der Waals surface area contributed by atoms with E-state index in [0.717, 1.165) is 98.2 Å². The van der Waals surface area contributed by atoms with Crippen molar-refractivity contribution in [3.8, 4) is 11.1 Å². The van der Waals surface area contributed by atoms with Crippen molar-refractivity contribution in [2.75, 3.05) is 51.3 Å². The molecule has 2 aliphatic heterocycles. The van der Waals surface area contributed by atoms with E-state index in [1.165, 1.54) is 12.1 Å². The molecule has 4 aromatic carbocycles. The standard InChI is InChI=1S/C39H42F2N4O2/c1-26-18-37(29-6-4-3-5-7-29)31(20-28-21-32(40)25-33(41)22-28)24-36(26)38(42)43-39(46)35-9-8-34(45-14-12-44(2)13-15-45)23-30(35)19-27-10-16-47-17-11-27/h3-9,18,21-25,27H,10-17,19-20H2,1-2H3,(H2,42,43,46). The van der Waals surface area contributed by atoms with Crippen LogP contribution in [0.3, 0.4) is 0 Å². The number of amides is 1. The van der Waals surface area contributed by atoms with Gasteiger partial charge in [-0.15, -0.1) is 0 Å². The lowest BCUT2D eigenvalue weighted by atomic mass is 9.89. The molecule has 0 spiro atoms. The Labute approximate surface area is 275 Å². The first-order valence-electron chi connectivity index (χ1n) is 16.4. The summed E-state index contributed by atoms with van der Waals surface area (Å²) in [4.78, 5) is 18.6. The number of hydrogen-bond donors (Lipinski definition) is 2. The molecule has 47 heavy (non-hydrogen) atoms. The second-order valence-electron chi connectivity index (χ2n) is 12.9. The number of carbonyl (C=O) groups is 1. The van der Waals surface area contributed by atoms with Gasteiger partial charge in [0.15, 0.2) is 0 Å². The number of benzene rings is 4. The SMILES string of the molecule is Cc1cc(-c2ccccc2)c(Cc2cc(F)cc(F)c2)cc1C(=N)NC(=O)c1ccc(N2CCN(C)CC2)cc1CC1CCOCC1. The fourth-order valence-corrected chi connectivity index (χ4v) is 6.73. The number of carbonyl (C=O) groups excluding carboxylic acids is 1. The zero-order valence-electron chi connectivity index (χ0n) is 27.1. The number of likely N-dealkylation sites (N-methyl/N-ethyl adjacent to an activating group) is 1. The van der Waals surface area contributed by atoms with Crippen molar-refractivity contribution in [3.05, 3.63) is 124 Å². The zero-order chi connectivity index (χ0) is 32.9. The van der Waals surface area contributed by atoms with Crippen LogP contribution in [0.1, 0.15) is 51.0 Å². The van der Waals surface area contributed by atoms with Gasteiger partial charge in [-0.25, -0.2) is 8.78 Å². The van der Waals surface area contributed by atoms with Crippen molar-refractivity contribution in [1.82, 2.24) is 10.2 Å². The van der Waals surface area contributed by atoms with Crippen molar-refractivity contribution < 1.29 is 18.3 Å². The van der Waals surface area contributed by atoms with E-state index in [0.29, 0.717) is 22.6 Å². The summed E-state index contributed by atoms with van der Waals surface area (Å²) in [5, 5.41) is 11.9. The molecule has 4 aromatic rings. The average molecular weight is 637 g/mol. The predicted octanol–water partition coefficient (Wildman–Crippen LogP) is 7.01. The van der Waals surface area contributed by atoms with E-state index in [1.54, 1.807) is 0 Å². The molecule has 0 atom stereocenters. The number of piperazine rings is 1. The zero-order valence-corrected chi connectivity index (χ0v) is 27.1. The summed E-state index contributed by atoms with van der Waals surface area (Å²) in [5.74, 6) is -1.17. The second-order valence-corrected chi connectivity index (χ2v) is 12.9. The van der Waals surface area contributed by atoms with E-state index in [2.05, 4.69) is 28.2 Å². The molecule has 0 saturated carbocycles. The molecule has 2 saturated heterocycles. The van der Waals surface area contributed by atoms with Crippen LogP contribution in [0.25, 0.3) is 11.1 Å². The molecule has 2 fully saturated rings. The number of ether oxygens (including phenoxy) is 1. The normalized spacial score (nSPS) is 15.9. The quantitative estimate of drug-likeness (QED) is 0.161. The Hall–Kier alpha value is -4.40. The minimum Gasteiger partial charge on any atom is -0.381 e. The summed E-state index contributed by atoms with van der Waals surface area (Å²) in [6.07, 6.45) is 2.96. The fourth-order valence-electron chi connectivity index (χ4n) is 6.73. The summed E-state index contributed by atoms with van der Waals surface area (Å²) in [5.41, 5.74) is 7.23. The maximum Gasteiger partial charge on any atom is 0.257 e. The van der Waals surface area contributed by atoms with Crippen LogP contribution in [0.5, 0.6) is 0 Å². The van der Waals surface area contributed by atoms with Crippen molar-refractivity contribution in [2.45, 2.75) is 32.6 Å². The third-order valence-corrected chi connectivity index (χ3v) is 9.41. The lowest BCUT2D eigenvalue weighted by Crippen LogP contribution is -2.44. The van der Waals surface area contributed by atoms with Gasteiger partial charge in [-0.3, -0.25) is 10.2 Å². The summed E-state index contributed by atoms with van der Waals surface area (Å²) in [6.45, 7) is 7.24. The minimum absolute atomic E-state index is 0.0149. The van der Waals surface area contributed by atoms with E-state index in [4.69, 9.17) is 10.1 Å². The van der Waals surface area contributed by atoms with Gasteiger partial charge in [-0.2, -0.15) is 0 Å². The Morgan fingerprint density at radius 1 is 0.872 bits per heavy atom. The number of amidine groups is 1. The van der Waals surface area contributed by atoms with Crippen molar-refractivity contribution in [3.63, 3.8) is 0 Å². The van der Waals surface area contributed by atoms with Crippen LogP contribution in [0.15, 0.2) is 78.9 Å². The fraction of sp³-hybridized carbons (Fsp3) is 0.333. The minimum atomic E-state index is -0.635. The molecule has 2 N–H and O–H groups in total. The van der Waals surface area contributed by atoms with Crippen LogP contribution in [0.4, 0.5) is 14.5 Å². The number of nitrogens with zero attached hydrogens (tertiary/aromatic N) is 2. The molecular formula is C39H42F2N4O2. The first kappa shape index (κ1) is 32.5. The van der Waals surface area contributed by atoms with Crippen LogP contribution in [0.2, 0.25) is 0 Å². The molecule has 2 heterocycles. The number of rotatable bonds is 8. The molecule has 6 nitrogen and oxygen atoms in total. The summed E-state index contributed by atoms with van der Waals surface area (Å²) in [7, 11) is 2.14. The Bertz CT molecular complexity index is 1730. The maximum absolute atomic E-state index is 14.1. The van der Waals surface area contributed by atoms with E-state index in [-0.39, 0.29) is 18.2 Å². The highest BCUT2D eigenvalue weighted by Gasteiger charge is 2.23. The molecule has 1 amide bonds. The number of hydrogen-bond acceptors (Lipinski definition) is 5. The second kappa shape index (κ2) is 14.6. The molecule has 0 unspecified atom stereocenters. The van der Waals surface area contributed by atoms with Gasteiger partial charge in [0.2, 0.25) is 0 Å². The highest BCUT2D eigenvalue weighted by molar-refractivity contribution is 6.12. The Morgan fingerprint density at radius 3 is 2.28 bits per heavy atom. The van der Waals surface area contributed by atoms with Crippen LogP contribution < -0.4 is 10.2 Å². The predicted molar refractivity (Wildman–Crippen MR) is 183 cm³/mol. The van der Waals surface area contributed by atoms with Crippen molar-refractivity contribution in [1.29, 1.82) is 5.41 Å². The maximum atomic E-state index is 14.1. The molecule has 0 aromatic heterocycles. The Morgan fingerprint density at radius 2 is 1.57 bits per heavy atom. The Balaban J connectivity index is 1.29. The van der Waals surface area contributed by atoms with E-state index in [1.807, 2.05) is 61.5 Å². The smallest absolute Gasteiger partial charge is 0.257 e. The molecular weight excluding hydrogens is 594 g/mol. The third kappa shape index (κ3) is 7.95. The van der Waals surface area contributed by atoms with Crippen LogP contribution >= 0.6 is 0 Å². The lowest BCUT2D eigenvalue weighted by Gasteiger charge is -2.34. The van der Waals surface area contributed by atoms with Gasteiger partial charge in [0, 0.05) is 62.3 Å². The molecule has 0 radical (unpaired) electrons. The van der Waals surface area contributed by atoms with E-state index >= 15 is 0 Å². The van der Waals surface area contributed by atoms with Gasteiger partial charge >= 0.3 is 0 Å². The molecule has 244 valence electrons. The molecule has 8 heteroatoms. The summed E-state index contributed by atoms with van der Waals surface area (Å²) < 4.78 is 33.8. The molecule has 6 rings (SSSR count). The third-order valence-electron chi connectivity index (χ3n) is 9.41. The number of halogens is 2. The molecule has 0 aliphatic carbocycles. The Kier molecular flexibility index (Phi) is 10.1. The average Bonchev–Trinajstić information content (AvgIpc) is 3.06. The number of anilines is 1. The van der Waals surface area contributed by atoms with Crippen molar-refractivity contribution >= 4 is 17.4 Å². The highest BCUT2D eigenvalue weighted by Crippen LogP contribution is 2.31. The number of aryl methyl sites for hydroxylation is 1. The van der Waals surface area contributed by atoms with Crippen molar-refractivity contribution in [2.24, 2.45) is 5.92 Å². The van der Waals surface area contributed by atoms with Gasteiger partial charge in [-0.05, 0) is 115 Å². The van der Waals surface area contributed by atoms with Gasteiger partial charge < -0.3 is 19.9 Å². The summed E-state index contributed by atoms with van der Waals surface area (Å²) in [6, 6.07) is 23.3. The highest BCUT2D eigenvalue weighted by atomic mass is 19.1. The monoisotopic (exact) mass is 636 g/mol.